The van der Waals surface area contributed by atoms with Gasteiger partial charge < -0.3 is 20.1 Å². The van der Waals surface area contributed by atoms with Crippen molar-refractivity contribution < 1.29 is 14.3 Å². The fraction of sp³-hybridized carbons (Fsp3) is 0.412. The van der Waals surface area contributed by atoms with E-state index in [9.17, 15) is 4.79 Å². The molecule has 0 radical (unpaired) electrons. The molecule has 130 valence electrons. The second kappa shape index (κ2) is 9.89. The number of hydrogen-bond donors (Lipinski definition) is 2. The van der Waals surface area contributed by atoms with Crippen molar-refractivity contribution in [1.82, 2.24) is 10.3 Å². The molecule has 1 heterocycles. The number of amides is 1. The van der Waals surface area contributed by atoms with Crippen molar-refractivity contribution >= 4 is 28.1 Å². The van der Waals surface area contributed by atoms with Gasteiger partial charge in [-0.1, -0.05) is 0 Å². The van der Waals surface area contributed by atoms with Gasteiger partial charge in [0.1, 0.15) is 11.4 Å². The standard InChI is InChI=1S/C17H23N3O3S/c1-3-22-11-5-10-18-16(21)15-12-24-17(20-15)19-13-6-8-14(9-7-13)23-4-2/h6-9,12H,3-5,10-11H2,1-2H3,(H,18,21)(H,19,20). The summed E-state index contributed by atoms with van der Waals surface area (Å²) in [4.78, 5) is 16.3. The first-order chi connectivity index (χ1) is 11.7. The third kappa shape index (κ3) is 5.82. The number of nitrogens with one attached hydrogen (secondary N) is 2. The number of hydrogen-bond acceptors (Lipinski definition) is 6. The lowest BCUT2D eigenvalue weighted by Gasteiger charge is -2.05. The zero-order chi connectivity index (χ0) is 17.2. The van der Waals surface area contributed by atoms with Gasteiger partial charge in [-0.15, -0.1) is 11.3 Å². The molecule has 0 spiro atoms. The quantitative estimate of drug-likeness (QED) is 0.643. The molecular formula is C17H23N3O3S. The summed E-state index contributed by atoms with van der Waals surface area (Å²) in [6, 6.07) is 7.62. The van der Waals surface area contributed by atoms with Crippen molar-refractivity contribution in [2.24, 2.45) is 0 Å². The molecule has 0 saturated carbocycles. The van der Waals surface area contributed by atoms with E-state index in [0.717, 1.165) is 17.9 Å². The predicted octanol–water partition coefficient (Wildman–Crippen LogP) is 3.44. The van der Waals surface area contributed by atoms with Crippen LogP contribution in [0.2, 0.25) is 0 Å². The zero-order valence-corrected chi connectivity index (χ0v) is 14.8. The molecule has 0 bridgehead atoms. The molecule has 24 heavy (non-hydrogen) atoms. The molecule has 1 amide bonds. The Kier molecular flexibility index (Phi) is 7.51. The summed E-state index contributed by atoms with van der Waals surface area (Å²) in [5.74, 6) is 0.664. The maximum Gasteiger partial charge on any atom is 0.270 e. The van der Waals surface area contributed by atoms with Gasteiger partial charge in [-0.2, -0.15) is 0 Å². The van der Waals surface area contributed by atoms with E-state index in [0.29, 0.717) is 37.2 Å². The Bertz CT molecular complexity index is 628. The molecule has 2 aromatic rings. The summed E-state index contributed by atoms with van der Waals surface area (Å²) < 4.78 is 10.6. The lowest BCUT2D eigenvalue weighted by atomic mass is 10.3. The lowest BCUT2D eigenvalue weighted by Crippen LogP contribution is -2.25. The Hall–Kier alpha value is -2.12. The summed E-state index contributed by atoms with van der Waals surface area (Å²) in [5, 5.41) is 8.45. The SMILES string of the molecule is CCOCCCNC(=O)c1csc(Nc2ccc(OCC)cc2)n1. The summed E-state index contributed by atoms with van der Waals surface area (Å²) >= 11 is 1.40. The number of carbonyl (C=O) groups excluding carboxylic acids is 1. The van der Waals surface area contributed by atoms with E-state index in [1.165, 1.54) is 11.3 Å². The molecule has 0 aliphatic rings. The van der Waals surface area contributed by atoms with E-state index in [-0.39, 0.29) is 5.91 Å². The molecular weight excluding hydrogens is 326 g/mol. The summed E-state index contributed by atoms with van der Waals surface area (Å²) in [6.07, 6.45) is 0.793. The minimum absolute atomic E-state index is 0.164. The normalized spacial score (nSPS) is 10.4. The van der Waals surface area contributed by atoms with Crippen molar-refractivity contribution in [2.75, 3.05) is 31.7 Å². The molecule has 1 aromatic heterocycles. The number of benzene rings is 1. The van der Waals surface area contributed by atoms with Crippen LogP contribution in [0, 0.1) is 0 Å². The molecule has 0 unspecified atom stereocenters. The topological polar surface area (TPSA) is 72.5 Å². The highest BCUT2D eigenvalue weighted by atomic mass is 32.1. The molecule has 6 nitrogen and oxygen atoms in total. The van der Waals surface area contributed by atoms with Crippen LogP contribution in [-0.2, 0) is 4.74 Å². The Morgan fingerprint density at radius 1 is 1.21 bits per heavy atom. The summed E-state index contributed by atoms with van der Waals surface area (Å²) in [6.45, 7) is 6.47. The maximum atomic E-state index is 12.0. The number of nitrogens with zero attached hydrogens (tertiary/aromatic N) is 1. The second-order valence-corrected chi connectivity index (χ2v) is 5.78. The summed E-state index contributed by atoms with van der Waals surface area (Å²) in [5.41, 5.74) is 1.32. The highest BCUT2D eigenvalue weighted by Gasteiger charge is 2.10. The lowest BCUT2D eigenvalue weighted by molar-refractivity contribution is 0.0940. The van der Waals surface area contributed by atoms with E-state index in [1.807, 2.05) is 38.1 Å². The van der Waals surface area contributed by atoms with Gasteiger partial charge in [-0.05, 0) is 44.5 Å². The van der Waals surface area contributed by atoms with Gasteiger partial charge in [0.05, 0.1) is 6.61 Å². The van der Waals surface area contributed by atoms with E-state index < -0.39 is 0 Å². The number of ether oxygens (including phenoxy) is 2. The highest BCUT2D eigenvalue weighted by molar-refractivity contribution is 7.14. The van der Waals surface area contributed by atoms with E-state index in [1.54, 1.807) is 5.38 Å². The van der Waals surface area contributed by atoms with Gasteiger partial charge in [0.25, 0.3) is 5.91 Å². The fourth-order valence-electron chi connectivity index (χ4n) is 1.97. The van der Waals surface area contributed by atoms with Crippen molar-refractivity contribution in [3.63, 3.8) is 0 Å². The van der Waals surface area contributed by atoms with Crippen LogP contribution < -0.4 is 15.4 Å². The largest absolute Gasteiger partial charge is 0.494 e. The number of rotatable bonds is 10. The molecule has 0 saturated heterocycles. The third-order valence-corrected chi connectivity index (χ3v) is 3.87. The third-order valence-electron chi connectivity index (χ3n) is 3.11. The van der Waals surface area contributed by atoms with Gasteiger partial charge in [0, 0.05) is 30.8 Å². The second-order valence-electron chi connectivity index (χ2n) is 4.93. The Labute approximate surface area is 146 Å². The van der Waals surface area contributed by atoms with Gasteiger partial charge in [-0.25, -0.2) is 4.98 Å². The monoisotopic (exact) mass is 349 g/mol. The first kappa shape index (κ1) is 18.2. The van der Waals surface area contributed by atoms with Gasteiger partial charge >= 0.3 is 0 Å². The minimum Gasteiger partial charge on any atom is -0.494 e. The van der Waals surface area contributed by atoms with Crippen LogP contribution in [0.3, 0.4) is 0 Å². The summed E-state index contributed by atoms with van der Waals surface area (Å²) in [7, 11) is 0. The molecule has 2 N–H and O–H groups in total. The number of carbonyl (C=O) groups is 1. The average Bonchev–Trinajstić information content (AvgIpc) is 3.05. The number of anilines is 2. The van der Waals surface area contributed by atoms with Crippen molar-refractivity contribution in [2.45, 2.75) is 20.3 Å². The Morgan fingerprint density at radius 3 is 2.71 bits per heavy atom. The molecule has 7 heteroatoms. The molecule has 0 fully saturated rings. The van der Waals surface area contributed by atoms with Gasteiger partial charge in [-0.3, -0.25) is 4.79 Å². The number of thiazole rings is 1. The van der Waals surface area contributed by atoms with Crippen LogP contribution >= 0.6 is 11.3 Å². The molecule has 0 aliphatic heterocycles. The maximum absolute atomic E-state index is 12.0. The van der Waals surface area contributed by atoms with Crippen molar-refractivity contribution in [3.05, 3.63) is 35.3 Å². The molecule has 0 aliphatic carbocycles. The predicted molar refractivity (Wildman–Crippen MR) is 96.5 cm³/mol. The van der Waals surface area contributed by atoms with Gasteiger partial charge in [0.2, 0.25) is 0 Å². The van der Waals surface area contributed by atoms with Crippen LogP contribution in [-0.4, -0.2) is 37.3 Å². The van der Waals surface area contributed by atoms with Crippen LogP contribution in [0.25, 0.3) is 0 Å². The zero-order valence-electron chi connectivity index (χ0n) is 14.0. The molecule has 2 rings (SSSR count). The smallest absolute Gasteiger partial charge is 0.270 e. The molecule has 0 atom stereocenters. The number of aromatic nitrogens is 1. The first-order valence-electron chi connectivity index (χ1n) is 8.04. The van der Waals surface area contributed by atoms with E-state index in [2.05, 4.69) is 15.6 Å². The highest BCUT2D eigenvalue weighted by Crippen LogP contribution is 2.23. The van der Waals surface area contributed by atoms with Crippen LogP contribution in [0.15, 0.2) is 29.6 Å². The first-order valence-corrected chi connectivity index (χ1v) is 8.92. The molecule has 1 aromatic carbocycles. The van der Waals surface area contributed by atoms with Crippen LogP contribution in [0.4, 0.5) is 10.8 Å². The fourth-order valence-corrected chi connectivity index (χ4v) is 2.68. The average molecular weight is 349 g/mol. The minimum atomic E-state index is -0.164. The van der Waals surface area contributed by atoms with Crippen LogP contribution in [0.1, 0.15) is 30.8 Å². The van der Waals surface area contributed by atoms with Crippen molar-refractivity contribution in [3.8, 4) is 5.75 Å². The van der Waals surface area contributed by atoms with Crippen LogP contribution in [0.5, 0.6) is 5.75 Å². The van der Waals surface area contributed by atoms with E-state index in [4.69, 9.17) is 9.47 Å². The van der Waals surface area contributed by atoms with E-state index >= 15 is 0 Å². The Morgan fingerprint density at radius 2 is 2.00 bits per heavy atom. The Balaban J connectivity index is 1.82. The van der Waals surface area contributed by atoms with Crippen molar-refractivity contribution in [1.29, 1.82) is 0 Å². The van der Waals surface area contributed by atoms with Gasteiger partial charge in [0.15, 0.2) is 5.13 Å².